The van der Waals surface area contributed by atoms with Gasteiger partial charge in [-0.05, 0) is 102 Å². The van der Waals surface area contributed by atoms with Crippen molar-refractivity contribution in [1.29, 1.82) is 0 Å². The molecule has 1 aromatic carbocycles. The Hall–Kier alpha value is -3.98. The molecule has 2 aromatic heterocycles. The van der Waals surface area contributed by atoms with Crippen molar-refractivity contribution in [3.8, 4) is 11.3 Å². The standard InChI is InChI=1S/C36H48N6O3/c1-36(2,3)45-35(44)42-22-15-28(16-23-42)25-39-34(43)13-10-27-8-11-29(12-9-27)32-24-33(30-26-37-18-14-31(30)40-32)38-17-7-21-41-19-5-4-6-20-41/h8-14,18,24,26,28H,4-7,15-17,19-23,25H2,1-3H3,(H,38,40)(H,39,43)/b13-10+. The topological polar surface area (TPSA) is 99.7 Å². The molecule has 0 bridgehead atoms. The van der Waals surface area contributed by atoms with Crippen LogP contribution in [0.3, 0.4) is 0 Å². The highest BCUT2D eigenvalue weighted by molar-refractivity contribution is 5.93. The number of benzene rings is 1. The maximum atomic E-state index is 12.5. The van der Waals surface area contributed by atoms with E-state index in [1.165, 1.54) is 32.4 Å². The zero-order chi connectivity index (χ0) is 31.6. The number of rotatable bonds is 10. The van der Waals surface area contributed by atoms with Crippen molar-refractivity contribution < 1.29 is 14.3 Å². The van der Waals surface area contributed by atoms with Gasteiger partial charge in [-0.1, -0.05) is 30.7 Å². The molecule has 0 saturated carbocycles. The van der Waals surface area contributed by atoms with E-state index in [0.29, 0.717) is 25.6 Å². The van der Waals surface area contributed by atoms with Crippen LogP contribution in [0.5, 0.6) is 0 Å². The molecule has 9 nitrogen and oxygen atoms in total. The molecule has 4 heterocycles. The number of fused-ring (bicyclic) bond motifs is 1. The van der Waals surface area contributed by atoms with Gasteiger partial charge in [0.15, 0.2) is 0 Å². The van der Waals surface area contributed by atoms with Gasteiger partial charge in [0, 0.05) is 61.3 Å². The van der Waals surface area contributed by atoms with Crippen LogP contribution in [-0.2, 0) is 9.53 Å². The third-order valence-electron chi connectivity index (χ3n) is 8.49. The molecule has 0 spiro atoms. The van der Waals surface area contributed by atoms with E-state index in [0.717, 1.165) is 65.8 Å². The number of carbonyl (C=O) groups is 2. The van der Waals surface area contributed by atoms with E-state index in [4.69, 9.17) is 9.72 Å². The van der Waals surface area contributed by atoms with E-state index in [9.17, 15) is 9.59 Å². The first-order valence-electron chi connectivity index (χ1n) is 16.5. The lowest BCUT2D eigenvalue weighted by Gasteiger charge is -2.33. The summed E-state index contributed by atoms with van der Waals surface area (Å²) >= 11 is 0. The maximum absolute atomic E-state index is 12.5. The highest BCUT2D eigenvalue weighted by Gasteiger charge is 2.26. The fraction of sp³-hybridized carbons (Fsp3) is 0.500. The lowest BCUT2D eigenvalue weighted by molar-refractivity contribution is -0.116. The molecule has 3 aromatic rings. The number of pyridine rings is 2. The van der Waals surface area contributed by atoms with Crippen LogP contribution in [0, 0.1) is 5.92 Å². The second kappa shape index (κ2) is 15.3. The summed E-state index contributed by atoms with van der Waals surface area (Å²) < 4.78 is 5.47. The number of nitrogens with zero attached hydrogens (tertiary/aromatic N) is 4. The number of hydrogen-bond donors (Lipinski definition) is 2. The molecule has 2 amide bonds. The number of anilines is 1. The fourth-order valence-electron chi connectivity index (χ4n) is 5.96. The van der Waals surface area contributed by atoms with E-state index in [1.807, 2.05) is 63.4 Å². The molecule has 2 fully saturated rings. The second-order valence-electron chi connectivity index (χ2n) is 13.2. The highest BCUT2D eigenvalue weighted by atomic mass is 16.6. The molecular weight excluding hydrogens is 564 g/mol. The van der Waals surface area contributed by atoms with Crippen molar-refractivity contribution in [2.24, 2.45) is 5.92 Å². The zero-order valence-corrected chi connectivity index (χ0v) is 27.1. The Morgan fingerprint density at radius 3 is 2.51 bits per heavy atom. The van der Waals surface area contributed by atoms with E-state index in [2.05, 4.69) is 26.6 Å². The van der Waals surface area contributed by atoms with Crippen molar-refractivity contribution in [2.75, 3.05) is 51.1 Å². The predicted octanol–water partition coefficient (Wildman–Crippen LogP) is 6.36. The number of piperidine rings is 2. The summed E-state index contributed by atoms with van der Waals surface area (Å²) in [6.45, 7) is 12.0. The van der Waals surface area contributed by atoms with Gasteiger partial charge in [-0.2, -0.15) is 0 Å². The Labute approximate surface area is 267 Å². The van der Waals surface area contributed by atoms with Crippen molar-refractivity contribution in [3.63, 3.8) is 0 Å². The maximum Gasteiger partial charge on any atom is 0.410 e. The molecule has 0 atom stereocenters. The van der Waals surface area contributed by atoms with Gasteiger partial charge >= 0.3 is 6.09 Å². The number of nitrogens with one attached hydrogen (secondary N) is 2. The lowest BCUT2D eigenvalue weighted by Crippen LogP contribution is -2.43. The first kappa shape index (κ1) is 32.4. The SMILES string of the molecule is CC(C)(C)OC(=O)N1CCC(CNC(=O)/C=C/c2ccc(-c3cc(NCCCN4CCCCC4)c4cnccc4n3)cc2)CC1. The zero-order valence-electron chi connectivity index (χ0n) is 27.1. The number of aromatic nitrogens is 2. The Balaban J connectivity index is 1.11. The number of carbonyl (C=O) groups excluding carboxylic acids is 2. The van der Waals surface area contributed by atoms with E-state index in [1.54, 1.807) is 17.2 Å². The largest absolute Gasteiger partial charge is 0.444 e. The molecule has 0 radical (unpaired) electrons. The third kappa shape index (κ3) is 9.75. The first-order valence-corrected chi connectivity index (χ1v) is 16.5. The van der Waals surface area contributed by atoms with Gasteiger partial charge in [0.1, 0.15) is 5.60 Å². The predicted molar refractivity (Wildman–Crippen MR) is 181 cm³/mol. The third-order valence-corrected chi connectivity index (χ3v) is 8.49. The molecule has 2 saturated heterocycles. The van der Waals surface area contributed by atoms with E-state index in [-0.39, 0.29) is 12.0 Å². The fourth-order valence-corrected chi connectivity index (χ4v) is 5.96. The van der Waals surface area contributed by atoms with Gasteiger partial charge in [-0.25, -0.2) is 9.78 Å². The van der Waals surface area contributed by atoms with Gasteiger partial charge in [-0.15, -0.1) is 0 Å². The molecule has 0 unspecified atom stereocenters. The Morgan fingerprint density at radius 1 is 1.02 bits per heavy atom. The van der Waals surface area contributed by atoms with Crippen LogP contribution in [-0.4, -0.2) is 83.2 Å². The van der Waals surface area contributed by atoms with Gasteiger partial charge in [0.2, 0.25) is 5.91 Å². The molecule has 45 heavy (non-hydrogen) atoms. The summed E-state index contributed by atoms with van der Waals surface area (Å²) in [7, 11) is 0. The van der Waals surface area contributed by atoms with E-state index < -0.39 is 5.60 Å². The highest BCUT2D eigenvalue weighted by Crippen LogP contribution is 2.28. The normalized spacial score (nSPS) is 16.6. The summed E-state index contributed by atoms with van der Waals surface area (Å²) in [5, 5.41) is 7.69. The molecular formula is C36H48N6O3. The number of likely N-dealkylation sites (tertiary alicyclic amines) is 2. The molecule has 2 aliphatic heterocycles. The summed E-state index contributed by atoms with van der Waals surface area (Å²) in [5.41, 5.74) is 4.34. The molecule has 2 N–H and O–H groups in total. The first-order chi connectivity index (χ1) is 21.7. The van der Waals surface area contributed by atoms with Crippen LogP contribution in [0.4, 0.5) is 10.5 Å². The summed E-state index contributed by atoms with van der Waals surface area (Å²) in [6.07, 6.45) is 13.6. The van der Waals surface area contributed by atoms with Crippen LogP contribution < -0.4 is 10.6 Å². The number of ether oxygens (including phenoxy) is 1. The number of amides is 2. The van der Waals surface area contributed by atoms with Gasteiger partial charge in [0.05, 0.1) is 11.2 Å². The molecule has 9 heteroatoms. The van der Waals surface area contributed by atoms with E-state index >= 15 is 0 Å². The molecule has 5 rings (SSSR count). The van der Waals surface area contributed by atoms with Crippen LogP contribution in [0.15, 0.2) is 54.9 Å². The minimum atomic E-state index is -0.493. The Bertz CT molecular complexity index is 1450. The average Bonchev–Trinajstić information content (AvgIpc) is 3.05. The van der Waals surface area contributed by atoms with Gasteiger partial charge in [0.25, 0.3) is 0 Å². The van der Waals surface area contributed by atoms with Crippen molar-refractivity contribution in [1.82, 2.24) is 25.1 Å². The summed E-state index contributed by atoms with van der Waals surface area (Å²) in [5.74, 6) is 0.231. The monoisotopic (exact) mass is 612 g/mol. The van der Waals surface area contributed by atoms with Crippen LogP contribution in [0.25, 0.3) is 28.2 Å². The molecule has 240 valence electrons. The van der Waals surface area contributed by atoms with Crippen LogP contribution >= 0.6 is 0 Å². The minimum Gasteiger partial charge on any atom is -0.444 e. The molecule has 2 aliphatic rings. The summed E-state index contributed by atoms with van der Waals surface area (Å²) in [6, 6.07) is 12.2. The quantitative estimate of drug-likeness (QED) is 0.203. The van der Waals surface area contributed by atoms with Crippen LogP contribution in [0.1, 0.15) is 64.9 Å². The van der Waals surface area contributed by atoms with Crippen molar-refractivity contribution in [3.05, 3.63) is 60.4 Å². The average molecular weight is 613 g/mol. The molecule has 0 aliphatic carbocycles. The minimum absolute atomic E-state index is 0.116. The Morgan fingerprint density at radius 2 is 1.78 bits per heavy atom. The summed E-state index contributed by atoms with van der Waals surface area (Å²) in [4.78, 5) is 38.4. The smallest absolute Gasteiger partial charge is 0.410 e. The van der Waals surface area contributed by atoms with Crippen LogP contribution in [0.2, 0.25) is 0 Å². The Kier molecular flexibility index (Phi) is 11.1. The van der Waals surface area contributed by atoms with Gasteiger partial charge < -0.3 is 25.2 Å². The lowest BCUT2D eigenvalue weighted by atomic mass is 9.97. The van der Waals surface area contributed by atoms with Crippen molar-refractivity contribution >= 4 is 34.7 Å². The van der Waals surface area contributed by atoms with Gasteiger partial charge in [-0.3, -0.25) is 9.78 Å². The second-order valence-corrected chi connectivity index (χ2v) is 13.2. The van der Waals surface area contributed by atoms with Crippen molar-refractivity contribution in [2.45, 2.75) is 64.9 Å². The number of hydrogen-bond acceptors (Lipinski definition) is 7.